The molecule has 2 rings (SSSR count). The summed E-state index contributed by atoms with van der Waals surface area (Å²) >= 11 is 0. The van der Waals surface area contributed by atoms with Crippen molar-refractivity contribution in [1.82, 2.24) is 5.32 Å². The summed E-state index contributed by atoms with van der Waals surface area (Å²) in [5, 5.41) is 12.9. The standard InChI is InChI=1S/C11H15NO3/c1-2-14-9-4-3-5-10(11(9)13)15-8-6-12-7-8/h3-5,8,12-13H,2,6-7H2,1H3. The van der Waals surface area contributed by atoms with Crippen molar-refractivity contribution in [2.24, 2.45) is 0 Å². The Bertz CT molecular complexity index is 337. The third-order valence-electron chi connectivity index (χ3n) is 2.30. The van der Waals surface area contributed by atoms with E-state index in [0.717, 1.165) is 13.1 Å². The van der Waals surface area contributed by atoms with Crippen molar-refractivity contribution in [1.29, 1.82) is 0 Å². The van der Waals surface area contributed by atoms with Gasteiger partial charge >= 0.3 is 0 Å². The van der Waals surface area contributed by atoms with Gasteiger partial charge in [-0.3, -0.25) is 0 Å². The second-order valence-electron chi connectivity index (χ2n) is 3.43. The van der Waals surface area contributed by atoms with Gasteiger partial charge in [0.25, 0.3) is 0 Å². The van der Waals surface area contributed by atoms with E-state index in [9.17, 15) is 5.11 Å². The molecule has 0 aromatic heterocycles. The summed E-state index contributed by atoms with van der Waals surface area (Å²) in [5.74, 6) is 1.06. The molecule has 0 radical (unpaired) electrons. The zero-order valence-corrected chi connectivity index (χ0v) is 8.69. The number of rotatable bonds is 4. The van der Waals surface area contributed by atoms with Crippen molar-refractivity contribution < 1.29 is 14.6 Å². The van der Waals surface area contributed by atoms with Gasteiger partial charge in [-0.25, -0.2) is 0 Å². The van der Waals surface area contributed by atoms with Gasteiger partial charge in [-0.2, -0.15) is 0 Å². The molecule has 0 aliphatic carbocycles. The van der Waals surface area contributed by atoms with Crippen LogP contribution in [0.2, 0.25) is 0 Å². The Morgan fingerprint density at radius 2 is 2.13 bits per heavy atom. The average molecular weight is 209 g/mol. The molecule has 1 saturated heterocycles. The highest BCUT2D eigenvalue weighted by Crippen LogP contribution is 2.36. The second-order valence-corrected chi connectivity index (χ2v) is 3.43. The number of hydrogen-bond acceptors (Lipinski definition) is 4. The molecule has 1 aromatic rings. The van der Waals surface area contributed by atoms with Gasteiger partial charge in [-0.1, -0.05) is 6.07 Å². The summed E-state index contributed by atoms with van der Waals surface area (Å²) in [6.07, 6.45) is 0.160. The van der Waals surface area contributed by atoms with E-state index in [0.29, 0.717) is 18.1 Å². The minimum Gasteiger partial charge on any atom is -0.502 e. The van der Waals surface area contributed by atoms with Crippen molar-refractivity contribution in [2.75, 3.05) is 19.7 Å². The Morgan fingerprint density at radius 1 is 1.40 bits per heavy atom. The molecule has 1 fully saturated rings. The summed E-state index contributed by atoms with van der Waals surface area (Å²) in [7, 11) is 0. The minimum atomic E-state index is 0.0891. The van der Waals surface area contributed by atoms with E-state index in [1.807, 2.05) is 13.0 Å². The lowest BCUT2D eigenvalue weighted by Gasteiger charge is -2.28. The third-order valence-corrected chi connectivity index (χ3v) is 2.30. The van der Waals surface area contributed by atoms with E-state index in [1.165, 1.54) is 0 Å². The fourth-order valence-corrected chi connectivity index (χ4v) is 1.39. The fraction of sp³-hybridized carbons (Fsp3) is 0.455. The Labute approximate surface area is 88.8 Å². The molecule has 2 N–H and O–H groups in total. The first-order valence-electron chi connectivity index (χ1n) is 5.13. The largest absolute Gasteiger partial charge is 0.502 e. The highest BCUT2D eigenvalue weighted by molar-refractivity contribution is 5.50. The predicted octanol–water partition coefficient (Wildman–Crippen LogP) is 1.14. The van der Waals surface area contributed by atoms with Crippen molar-refractivity contribution in [2.45, 2.75) is 13.0 Å². The summed E-state index contributed by atoms with van der Waals surface area (Å²) in [5.41, 5.74) is 0. The number of nitrogens with one attached hydrogen (secondary N) is 1. The summed E-state index contributed by atoms with van der Waals surface area (Å²) in [6, 6.07) is 5.28. The maximum Gasteiger partial charge on any atom is 0.200 e. The van der Waals surface area contributed by atoms with Crippen LogP contribution >= 0.6 is 0 Å². The molecule has 0 spiro atoms. The van der Waals surface area contributed by atoms with E-state index in [-0.39, 0.29) is 11.9 Å². The van der Waals surface area contributed by atoms with Crippen LogP contribution < -0.4 is 14.8 Å². The zero-order valence-electron chi connectivity index (χ0n) is 8.69. The van der Waals surface area contributed by atoms with Crippen molar-refractivity contribution in [3.05, 3.63) is 18.2 Å². The van der Waals surface area contributed by atoms with Crippen LogP contribution in [0.15, 0.2) is 18.2 Å². The van der Waals surface area contributed by atoms with E-state index in [4.69, 9.17) is 9.47 Å². The van der Waals surface area contributed by atoms with Gasteiger partial charge in [0.1, 0.15) is 6.10 Å². The van der Waals surface area contributed by atoms with E-state index >= 15 is 0 Å². The number of aromatic hydroxyl groups is 1. The van der Waals surface area contributed by atoms with E-state index in [1.54, 1.807) is 12.1 Å². The van der Waals surface area contributed by atoms with Gasteiger partial charge in [-0.15, -0.1) is 0 Å². The van der Waals surface area contributed by atoms with Crippen LogP contribution in [-0.2, 0) is 0 Å². The van der Waals surface area contributed by atoms with Crippen LogP contribution in [-0.4, -0.2) is 30.9 Å². The maximum atomic E-state index is 9.82. The van der Waals surface area contributed by atoms with Gasteiger partial charge < -0.3 is 19.9 Å². The Hall–Kier alpha value is -1.42. The van der Waals surface area contributed by atoms with Gasteiger partial charge in [0.2, 0.25) is 5.75 Å². The topological polar surface area (TPSA) is 50.7 Å². The zero-order chi connectivity index (χ0) is 10.7. The molecule has 0 amide bonds. The highest BCUT2D eigenvalue weighted by Gasteiger charge is 2.20. The molecule has 0 atom stereocenters. The van der Waals surface area contributed by atoms with Crippen LogP contribution in [0.3, 0.4) is 0 Å². The smallest absolute Gasteiger partial charge is 0.200 e. The first-order chi connectivity index (χ1) is 7.31. The minimum absolute atomic E-state index is 0.0891. The monoisotopic (exact) mass is 209 g/mol. The Kier molecular flexibility index (Phi) is 2.97. The lowest BCUT2D eigenvalue weighted by molar-refractivity contribution is 0.136. The lowest BCUT2D eigenvalue weighted by atomic mass is 10.2. The van der Waals surface area contributed by atoms with Gasteiger partial charge in [-0.05, 0) is 19.1 Å². The van der Waals surface area contributed by atoms with Crippen LogP contribution in [0.25, 0.3) is 0 Å². The Balaban J connectivity index is 2.11. The highest BCUT2D eigenvalue weighted by atomic mass is 16.5. The van der Waals surface area contributed by atoms with Gasteiger partial charge in [0, 0.05) is 13.1 Å². The first kappa shape index (κ1) is 10.1. The second kappa shape index (κ2) is 4.40. The molecule has 0 bridgehead atoms. The SMILES string of the molecule is CCOc1cccc(OC2CNC2)c1O. The fourth-order valence-electron chi connectivity index (χ4n) is 1.39. The number of ether oxygens (including phenoxy) is 2. The number of phenolic OH excluding ortho intramolecular Hbond substituents is 1. The number of para-hydroxylation sites is 1. The predicted molar refractivity (Wildman–Crippen MR) is 56.6 cm³/mol. The Morgan fingerprint density at radius 3 is 2.73 bits per heavy atom. The number of benzene rings is 1. The van der Waals surface area contributed by atoms with E-state index in [2.05, 4.69) is 5.32 Å². The third kappa shape index (κ3) is 2.15. The number of phenols is 1. The molecule has 1 aromatic carbocycles. The number of hydrogen-bond donors (Lipinski definition) is 2. The molecule has 0 saturated carbocycles. The van der Waals surface area contributed by atoms with Crippen LogP contribution in [0, 0.1) is 0 Å². The molecule has 4 heteroatoms. The molecular formula is C11H15NO3. The molecule has 82 valence electrons. The van der Waals surface area contributed by atoms with Gasteiger partial charge in [0.05, 0.1) is 6.61 Å². The van der Waals surface area contributed by atoms with Crippen LogP contribution in [0.5, 0.6) is 17.2 Å². The summed E-state index contributed by atoms with van der Waals surface area (Å²) in [6.45, 7) is 4.07. The molecule has 1 aliphatic rings. The van der Waals surface area contributed by atoms with Crippen molar-refractivity contribution in [3.8, 4) is 17.2 Å². The average Bonchev–Trinajstić information content (AvgIpc) is 2.17. The van der Waals surface area contributed by atoms with Crippen molar-refractivity contribution in [3.63, 3.8) is 0 Å². The summed E-state index contributed by atoms with van der Waals surface area (Å²) < 4.78 is 10.8. The lowest BCUT2D eigenvalue weighted by Crippen LogP contribution is -2.50. The first-order valence-corrected chi connectivity index (χ1v) is 5.13. The quantitative estimate of drug-likeness (QED) is 0.780. The molecule has 1 aliphatic heterocycles. The summed E-state index contributed by atoms with van der Waals surface area (Å²) in [4.78, 5) is 0. The van der Waals surface area contributed by atoms with Crippen LogP contribution in [0.1, 0.15) is 6.92 Å². The van der Waals surface area contributed by atoms with E-state index < -0.39 is 0 Å². The molecule has 4 nitrogen and oxygen atoms in total. The normalized spacial score (nSPS) is 15.8. The molecule has 1 heterocycles. The molecular weight excluding hydrogens is 194 g/mol. The van der Waals surface area contributed by atoms with Crippen LogP contribution in [0.4, 0.5) is 0 Å². The van der Waals surface area contributed by atoms with Crippen molar-refractivity contribution >= 4 is 0 Å². The van der Waals surface area contributed by atoms with Gasteiger partial charge in [0.15, 0.2) is 11.5 Å². The molecule has 15 heavy (non-hydrogen) atoms. The molecule has 0 unspecified atom stereocenters. The maximum absolute atomic E-state index is 9.82.